The Bertz CT molecular complexity index is 677. The second-order valence-electron chi connectivity index (χ2n) is 4.30. The quantitative estimate of drug-likeness (QED) is 0.380. The van der Waals surface area contributed by atoms with Gasteiger partial charge in [0.15, 0.2) is 0 Å². The van der Waals surface area contributed by atoms with Gasteiger partial charge in [-0.25, -0.2) is 4.98 Å². The van der Waals surface area contributed by atoms with Gasteiger partial charge in [-0.2, -0.15) is 0 Å². The van der Waals surface area contributed by atoms with E-state index in [1.165, 1.54) is 18.8 Å². The summed E-state index contributed by atoms with van der Waals surface area (Å²) < 4.78 is 2.53. The summed E-state index contributed by atoms with van der Waals surface area (Å²) in [7, 11) is 0. The van der Waals surface area contributed by atoms with Crippen molar-refractivity contribution in [3.8, 4) is 0 Å². The first-order valence-corrected chi connectivity index (χ1v) is 8.77. The molecule has 1 unspecified atom stereocenters. The van der Waals surface area contributed by atoms with Gasteiger partial charge in [-0.1, -0.05) is 40.2 Å². The molecular formula is C15H11BrINS. The van der Waals surface area contributed by atoms with E-state index >= 15 is 0 Å². The third-order valence-corrected chi connectivity index (χ3v) is 5.48. The number of para-hydroxylation sites is 1. The highest BCUT2D eigenvalue weighted by Crippen LogP contribution is 2.31. The van der Waals surface area contributed by atoms with Gasteiger partial charge in [0.05, 0.1) is 15.2 Å². The Hall–Kier alpha value is -0.460. The van der Waals surface area contributed by atoms with Crippen LogP contribution in [-0.4, -0.2) is 4.98 Å². The summed E-state index contributed by atoms with van der Waals surface area (Å²) in [5.41, 5.74) is 2.41. The fourth-order valence-corrected chi connectivity index (χ4v) is 4.37. The molecule has 0 radical (unpaired) electrons. The number of alkyl halides is 1. The van der Waals surface area contributed by atoms with Crippen molar-refractivity contribution < 1.29 is 0 Å². The van der Waals surface area contributed by atoms with E-state index in [0.29, 0.717) is 4.83 Å². The van der Waals surface area contributed by atoms with E-state index in [9.17, 15) is 0 Å². The highest BCUT2D eigenvalue weighted by atomic mass is 127. The van der Waals surface area contributed by atoms with Crippen molar-refractivity contribution in [2.45, 2.75) is 11.2 Å². The molecule has 0 amide bonds. The SMILES string of the molecule is BrC(Cc1nc2ccccc2s1)c1cccc(I)c1. The summed E-state index contributed by atoms with van der Waals surface area (Å²) in [4.78, 5) is 5.01. The molecule has 0 N–H and O–H groups in total. The van der Waals surface area contributed by atoms with E-state index < -0.39 is 0 Å². The van der Waals surface area contributed by atoms with E-state index in [4.69, 9.17) is 0 Å². The monoisotopic (exact) mass is 443 g/mol. The molecule has 1 heterocycles. The van der Waals surface area contributed by atoms with Crippen LogP contribution in [0.4, 0.5) is 0 Å². The lowest BCUT2D eigenvalue weighted by atomic mass is 10.1. The van der Waals surface area contributed by atoms with Gasteiger partial charge in [0.2, 0.25) is 0 Å². The van der Waals surface area contributed by atoms with E-state index in [0.717, 1.165) is 11.9 Å². The van der Waals surface area contributed by atoms with Crippen LogP contribution < -0.4 is 0 Å². The van der Waals surface area contributed by atoms with Crippen molar-refractivity contribution >= 4 is 60.1 Å². The maximum absolute atomic E-state index is 4.69. The van der Waals surface area contributed by atoms with Gasteiger partial charge >= 0.3 is 0 Å². The fraction of sp³-hybridized carbons (Fsp3) is 0.133. The maximum Gasteiger partial charge on any atom is 0.0953 e. The van der Waals surface area contributed by atoms with Crippen molar-refractivity contribution in [2.75, 3.05) is 0 Å². The molecule has 3 rings (SSSR count). The Morgan fingerprint density at radius 2 is 2.00 bits per heavy atom. The molecule has 0 saturated heterocycles. The standard InChI is InChI=1S/C15H11BrINS/c16-12(10-4-3-5-11(17)8-10)9-15-18-13-6-1-2-7-14(13)19-15/h1-8,12H,9H2. The Kier molecular flexibility index (Phi) is 4.19. The van der Waals surface area contributed by atoms with Crippen LogP contribution in [0.25, 0.3) is 10.2 Å². The second kappa shape index (κ2) is 5.89. The molecule has 0 fully saturated rings. The van der Waals surface area contributed by atoms with Crippen LogP contribution in [0.5, 0.6) is 0 Å². The van der Waals surface area contributed by atoms with Crippen LogP contribution >= 0.6 is 49.9 Å². The highest BCUT2D eigenvalue weighted by molar-refractivity contribution is 14.1. The number of fused-ring (bicyclic) bond motifs is 1. The van der Waals surface area contributed by atoms with Gasteiger partial charge in [-0.05, 0) is 52.4 Å². The van der Waals surface area contributed by atoms with Gasteiger partial charge in [0.25, 0.3) is 0 Å². The number of benzene rings is 2. The largest absolute Gasteiger partial charge is 0.241 e. The van der Waals surface area contributed by atoms with E-state index in [-0.39, 0.29) is 0 Å². The third kappa shape index (κ3) is 3.17. The Morgan fingerprint density at radius 1 is 1.16 bits per heavy atom. The summed E-state index contributed by atoms with van der Waals surface area (Å²) in [5, 5.41) is 1.18. The van der Waals surface area contributed by atoms with Crippen LogP contribution in [0.3, 0.4) is 0 Å². The molecule has 2 aromatic carbocycles. The number of aromatic nitrogens is 1. The van der Waals surface area contributed by atoms with Crippen LogP contribution in [0.1, 0.15) is 15.4 Å². The number of hydrogen-bond acceptors (Lipinski definition) is 2. The third-order valence-electron chi connectivity index (χ3n) is 2.90. The molecule has 1 atom stereocenters. The van der Waals surface area contributed by atoms with Gasteiger partial charge in [0.1, 0.15) is 0 Å². The molecule has 1 nitrogen and oxygen atoms in total. The molecule has 0 spiro atoms. The molecule has 1 aromatic heterocycles. The number of thiazole rings is 1. The number of halogens is 2. The van der Waals surface area contributed by atoms with Crippen LogP contribution in [0.2, 0.25) is 0 Å². The summed E-state index contributed by atoms with van der Waals surface area (Å²) in [6.07, 6.45) is 0.930. The lowest BCUT2D eigenvalue weighted by Crippen LogP contribution is -1.95. The Morgan fingerprint density at radius 3 is 2.79 bits per heavy atom. The Balaban J connectivity index is 1.84. The molecule has 0 bridgehead atoms. The summed E-state index contributed by atoms with van der Waals surface area (Å²) in [6.45, 7) is 0. The van der Waals surface area contributed by atoms with Crippen LogP contribution in [-0.2, 0) is 6.42 Å². The topological polar surface area (TPSA) is 12.9 Å². The molecular weight excluding hydrogens is 433 g/mol. The Labute approximate surface area is 138 Å². The van der Waals surface area contributed by atoms with E-state index in [1.807, 2.05) is 6.07 Å². The average Bonchev–Trinajstić information content (AvgIpc) is 2.80. The minimum atomic E-state index is 0.322. The van der Waals surface area contributed by atoms with Crippen molar-refractivity contribution in [1.82, 2.24) is 4.98 Å². The van der Waals surface area contributed by atoms with Gasteiger partial charge in [-0.15, -0.1) is 11.3 Å². The number of hydrogen-bond donors (Lipinski definition) is 0. The molecule has 96 valence electrons. The van der Waals surface area contributed by atoms with Crippen LogP contribution in [0.15, 0.2) is 48.5 Å². The van der Waals surface area contributed by atoms with E-state index in [2.05, 4.69) is 86.0 Å². The van der Waals surface area contributed by atoms with Crippen LogP contribution in [0, 0.1) is 3.57 Å². The fourth-order valence-electron chi connectivity index (χ4n) is 1.98. The first kappa shape index (κ1) is 13.5. The summed E-state index contributed by atoms with van der Waals surface area (Å²) >= 11 is 7.91. The summed E-state index contributed by atoms with van der Waals surface area (Å²) in [5.74, 6) is 0. The molecule has 0 aliphatic heterocycles. The van der Waals surface area contributed by atoms with Gasteiger partial charge in [0, 0.05) is 14.8 Å². The molecule has 0 saturated carbocycles. The zero-order valence-electron chi connectivity index (χ0n) is 10.0. The predicted octanol–water partition coefficient (Wildman–Crippen LogP) is 5.58. The van der Waals surface area contributed by atoms with Crippen molar-refractivity contribution in [3.63, 3.8) is 0 Å². The zero-order valence-corrected chi connectivity index (χ0v) is 14.6. The molecule has 4 heteroatoms. The average molecular weight is 444 g/mol. The first-order chi connectivity index (χ1) is 9.22. The minimum absolute atomic E-state index is 0.322. The summed E-state index contributed by atoms with van der Waals surface area (Å²) in [6, 6.07) is 16.9. The first-order valence-electron chi connectivity index (χ1n) is 5.96. The predicted molar refractivity (Wildman–Crippen MR) is 94.2 cm³/mol. The van der Waals surface area contributed by atoms with Crippen molar-refractivity contribution in [2.24, 2.45) is 0 Å². The maximum atomic E-state index is 4.69. The molecule has 3 aromatic rings. The normalized spacial score (nSPS) is 12.7. The molecule has 19 heavy (non-hydrogen) atoms. The number of nitrogens with zero attached hydrogens (tertiary/aromatic N) is 1. The molecule has 0 aliphatic carbocycles. The minimum Gasteiger partial charge on any atom is -0.241 e. The van der Waals surface area contributed by atoms with E-state index in [1.54, 1.807) is 11.3 Å². The van der Waals surface area contributed by atoms with Gasteiger partial charge < -0.3 is 0 Å². The number of rotatable bonds is 3. The molecule has 0 aliphatic rings. The smallest absolute Gasteiger partial charge is 0.0953 e. The highest BCUT2D eigenvalue weighted by Gasteiger charge is 2.12. The van der Waals surface area contributed by atoms with Crippen molar-refractivity contribution in [3.05, 3.63) is 62.7 Å². The lowest BCUT2D eigenvalue weighted by Gasteiger charge is -2.08. The van der Waals surface area contributed by atoms with Gasteiger partial charge in [-0.3, -0.25) is 0 Å². The van der Waals surface area contributed by atoms with Crippen molar-refractivity contribution in [1.29, 1.82) is 0 Å². The lowest BCUT2D eigenvalue weighted by molar-refractivity contribution is 0.937. The second-order valence-corrected chi connectivity index (χ2v) is 7.77. The zero-order chi connectivity index (χ0) is 13.2.